The van der Waals surface area contributed by atoms with Crippen molar-refractivity contribution < 1.29 is 32.3 Å². The summed E-state index contributed by atoms with van der Waals surface area (Å²) in [6.07, 6.45) is -0.640. The van der Waals surface area contributed by atoms with Gasteiger partial charge < -0.3 is 19.9 Å². The van der Waals surface area contributed by atoms with Crippen molar-refractivity contribution in [3.05, 3.63) is 83.2 Å². The number of piperidine rings is 1. The highest BCUT2D eigenvalue weighted by Crippen LogP contribution is 2.43. The Morgan fingerprint density at radius 3 is 2.28 bits per heavy atom. The highest BCUT2D eigenvalue weighted by molar-refractivity contribution is 5.89. The van der Waals surface area contributed by atoms with E-state index in [0.717, 1.165) is 44.8 Å². The van der Waals surface area contributed by atoms with Crippen LogP contribution in [0.25, 0.3) is 0 Å². The number of carbonyl (C=O) groups is 2. The third kappa shape index (κ3) is 7.18. The molecule has 0 unspecified atom stereocenters. The van der Waals surface area contributed by atoms with E-state index in [-0.39, 0.29) is 17.1 Å². The van der Waals surface area contributed by atoms with E-state index >= 15 is 0 Å². The predicted octanol–water partition coefficient (Wildman–Crippen LogP) is 5.96. The number of nitrogens with one attached hydrogen (secondary N) is 1. The molecule has 0 atom stereocenters. The van der Waals surface area contributed by atoms with Crippen molar-refractivity contribution in [1.29, 1.82) is 0 Å². The maximum Gasteiger partial charge on any atom is 0.490 e. The molecule has 230 valence electrons. The van der Waals surface area contributed by atoms with Crippen molar-refractivity contribution in [2.24, 2.45) is 5.92 Å². The molecule has 3 aromatic rings. The van der Waals surface area contributed by atoms with E-state index in [1.807, 2.05) is 4.90 Å². The number of halogens is 4. The van der Waals surface area contributed by atoms with Gasteiger partial charge in [0, 0.05) is 25.0 Å². The highest BCUT2D eigenvalue weighted by Gasteiger charge is 2.46. The number of carboxylic acids is 1. The quantitative estimate of drug-likeness (QED) is 0.353. The Hall–Kier alpha value is -3.93. The van der Waals surface area contributed by atoms with Crippen LogP contribution < -0.4 is 5.32 Å². The molecule has 1 spiro atoms. The second-order valence-electron chi connectivity index (χ2n) is 11.6. The number of rotatable bonds is 5. The smallest absolute Gasteiger partial charge is 0.475 e. The molecule has 6 rings (SSSR count). The van der Waals surface area contributed by atoms with Gasteiger partial charge in [0.2, 0.25) is 0 Å². The van der Waals surface area contributed by atoms with E-state index in [4.69, 9.17) is 14.9 Å². The summed E-state index contributed by atoms with van der Waals surface area (Å²) in [6, 6.07) is 16.7. The van der Waals surface area contributed by atoms with E-state index in [1.165, 1.54) is 35.9 Å². The Balaban J connectivity index is 0.000000472. The highest BCUT2D eigenvalue weighted by atomic mass is 19.4. The van der Waals surface area contributed by atoms with Gasteiger partial charge in [-0.3, -0.25) is 4.90 Å². The average Bonchev–Trinajstić information content (AvgIpc) is 3.74. The van der Waals surface area contributed by atoms with Crippen LogP contribution in [0.2, 0.25) is 0 Å². The summed E-state index contributed by atoms with van der Waals surface area (Å²) < 4.78 is 48.4. The third-order valence-electron chi connectivity index (χ3n) is 8.44. The molecule has 0 bridgehead atoms. The summed E-state index contributed by atoms with van der Waals surface area (Å²) in [5.41, 5.74) is 3.74. The molecular weight excluding hydrogens is 566 g/mol. The van der Waals surface area contributed by atoms with Crippen molar-refractivity contribution in [2.75, 3.05) is 25.0 Å². The van der Waals surface area contributed by atoms with E-state index in [0.29, 0.717) is 19.0 Å². The van der Waals surface area contributed by atoms with Crippen LogP contribution in [-0.4, -0.2) is 62.3 Å². The number of urea groups is 1. The Labute approximate surface area is 247 Å². The summed E-state index contributed by atoms with van der Waals surface area (Å²) in [5, 5.41) is 9.95. The van der Waals surface area contributed by atoms with Gasteiger partial charge in [-0.15, -0.1) is 0 Å². The minimum Gasteiger partial charge on any atom is -0.475 e. The number of carbonyl (C=O) groups excluding carboxylic acids is 1. The number of carboxylic acid groups (broad SMARTS) is 1. The lowest BCUT2D eigenvalue weighted by atomic mass is 9.72. The van der Waals surface area contributed by atoms with Crippen LogP contribution in [-0.2, 0) is 29.8 Å². The topological polar surface area (TPSA) is 90.7 Å². The fourth-order valence-electron chi connectivity index (χ4n) is 5.95. The Morgan fingerprint density at radius 1 is 1.05 bits per heavy atom. The van der Waals surface area contributed by atoms with Crippen LogP contribution in [0, 0.1) is 18.7 Å². The minimum atomic E-state index is -5.08. The second-order valence-corrected chi connectivity index (χ2v) is 11.6. The zero-order valence-corrected chi connectivity index (χ0v) is 23.9. The first-order valence-corrected chi connectivity index (χ1v) is 14.4. The van der Waals surface area contributed by atoms with Crippen molar-refractivity contribution in [1.82, 2.24) is 19.4 Å². The number of likely N-dealkylation sites (tertiary alicyclic amines) is 1. The molecule has 1 aromatic heterocycles. The fourth-order valence-corrected chi connectivity index (χ4v) is 5.95. The van der Waals surface area contributed by atoms with Gasteiger partial charge in [0.05, 0.1) is 23.6 Å². The van der Waals surface area contributed by atoms with Crippen LogP contribution in [0.5, 0.6) is 0 Å². The summed E-state index contributed by atoms with van der Waals surface area (Å²) >= 11 is 0. The summed E-state index contributed by atoms with van der Waals surface area (Å²) in [5.74, 6) is -1.41. The number of alkyl halides is 3. The first-order chi connectivity index (χ1) is 20.4. The van der Waals surface area contributed by atoms with Crippen molar-refractivity contribution >= 4 is 17.7 Å². The lowest BCUT2D eigenvalue weighted by molar-refractivity contribution is -0.192. The zero-order chi connectivity index (χ0) is 30.8. The van der Waals surface area contributed by atoms with Crippen molar-refractivity contribution in [2.45, 2.75) is 63.8 Å². The van der Waals surface area contributed by atoms with Crippen LogP contribution in [0.1, 0.15) is 48.5 Å². The van der Waals surface area contributed by atoms with Gasteiger partial charge in [-0.25, -0.2) is 19.0 Å². The summed E-state index contributed by atoms with van der Waals surface area (Å²) in [6.45, 7) is 7.07. The van der Waals surface area contributed by atoms with E-state index < -0.39 is 18.0 Å². The number of hydrogen-bond acceptors (Lipinski definition) is 4. The van der Waals surface area contributed by atoms with E-state index in [2.05, 4.69) is 52.0 Å². The molecule has 0 radical (unpaired) electrons. The molecule has 1 saturated carbocycles. The lowest BCUT2D eigenvalue weighted by Gasteiger charge is -2.47. The number of para-hydroxylation sites is 1. The normalized spacial score (nSPS) is 18.0. The maximum atomic E-state index is 14.3. The lowest BCUT2D eigenvalue weighted by Crippen LogP contribution is -2.54. The molecule has 43 heavy (non-hydrogen) atoms. The largest absolute Gasteiger partial charge is 0.490 e. The van der Waals surface area contributed by atoms with Gasteiger partial charge in [-0.2, -0.15) is 13.2 Å². The summed E-state index contributed by atoms with van der Waals surface area (Å²) in [7, 11) is 0. The number of nitrogens with zero attached hydrogens (tertiary/aromatic N) is 4. The molecular formula is C31H35F4N5O3. The van der Waals surface area contributed by atoms with Gasteiger partial charge in [0.25, 0.3) is 0 Å². The molecule has 2 N–H and O–H groups in total. The molecule has 12 heteroatoms. The first-order valence-electron chi connectivity index (χ1n) is 14.4. The number of fused-ring (bicyclic) bond motifs is 2. The Morgan fingerprint density at radius 2 is 1.67 bits per heavy atom. The van der Waals surface area contributed by atoms with Gasteiger partial charge in [-0.05, 0) is 69.3 Å². The molecule has 3 aliphatic rings. The van der Waals surface area contributed by atoms with E-state index in [1.54, 1.807) is 18.2 Å². The number of amides is 2. The van der Waals surface area contributed by atoms with Crippen LogP contribution in [0.4, 0.5) is 28.0 Å². The van der Waals surface area contributed by atoms with Crippen molar-refractivity contribution in [3.8, 4) is 0 Å². The second kappa shape index (κ2) is 12.4. The van der Waals surface area contributed by atoms with Crippen LogP contribution >= 0.6 is 0 Å². The average molecular weight is 602 g/mol. The van der Waals surface area contributed by atoms with Crippen LogP contribution in [0.3, 0.4) is 0 Å². The van der Waals surface area contributed by atoms with Gasteiger partial charge in [-0.1, -0.05) is 42.5 Å². The third-order valence-corrected chi connectivity index (χ3v) is 8.44. The number of aliphatic carboxylic acids is 1. The maximum absolute atomic E-state index is 14.3. The number of benzene rings is 2. The molecule has 2 aromatic carbocycles. The van der Waals surface area contributed by atoms with Crippen molar-refractivity contribution in [3.63, 3.8) is 0 Å². The number of imidazole rings is 1. The number of aryl methyl sites for hydroxylation is 1. The molecule has 2 fully saturated rings. The molecule has 1 saturated heterocycles. The predicted molar refractivity (Wildman–Crippen MR) is 152 cm³/mol. The molecule has 8 nitrogen and oxygen atoms in total. The fraction of sp³-hybridized carbons (Fsp3) is 0.452. The zero-order valence-electron chi connectivity index (χ0n) is 23.9. The molecule has 1 aliphatic carbocycles. The van der Waals surface area contributed by atoms with Gasteiger partial charge >= 0.3 is 18.2 Å². The van der Waals surface area contributed by atoms with E-state index in [9.17, 15) is 22.4 Å². The standard InChI is InChI=1S/C29H34FN5O.C2HF3O2/c1-21-31-27-26(35(21)18-23-11-12-23)19-34(28(36)32-25-10-6-5-9-24(25)30)20-29(27)13-15-33(16-14-29)17-22-7-3-2-4-8-22;3-2(4,5)1(6)7/h2-10,23H,11-20H2,1H3,(H,32,36);(H,6,7). The van der Waals surface area contributed by atoms with Gasteiger partial charge in [0.15, 0.2) is 0 Å². The Bertz CT molecular complexity index is 1450. The number of aromatic nitrogens is 2. The molecule has 3 heterocycles. The molecule has 2 aliphatic heterocycles. The SMILES string of the molecule is Cc1nc2c(n1CC1CC1)CN(C(=O)Nc1ccccc1F)CC21CCN(Cc2ccccc2)CC1.O=C(O)C(F)(F)F. The number of anilines is 1. The monoisotopic (exact) mass is 601 g/mol. The Kier molecular flexibility index (Phi) is 8.77. The minimum absolute atomic E-state index is 0.174. The van der Waals surface area contributed by atoms with Gasteiger partial charge in [0.1, 0.15) is 11.6 Å². The number of hydrogen-bond donors (Lipinski definition) is 2. The first kappa shape index (κ1) is 30.5. The molecule has 2 amide bonds. The summed E-state index contributed by atoms with van der Waals surface area (Å²) in [4.78, 5) is 31.8. The van der Waals surface area contributed by atoms with Crippen LogP contribution in [0.15, 0.2) is 54.6 Å².